The SMILES string of the molecule is CCC(C)COCC[Si](C)(OC)OC. The van der Waals surface area contributed by atoms with E-state index in [1.165, 1.54) is 6.42 Å². The summed E-state index contributed by atoms with van der Waals surface area (Å²) in [6.45, 7) is 8.02. The van der Waals surface area contributed by atoms with Crippen LogP contribution < -0.4 is 0 Å². The summed E-state index contributed by atoms with van der Waals surface area (Å²) in [4.78, 5) is 0. The fraction of sp³-hybridized carbons (Fsp3) is 1.00. The van der Waals surface area contributed by atoms with E-state index in [1.54, 1.807) is 14.2 Å². The molecule has 0 heterocycles. The first-order valence-electron chi connectivity index (χ1n) is 5.26. The predicted octanol–water partition coefficient (Wildman–Crippen LogP) is 2.41. The number of hydrogen-bond acceptors (Lipinski definition) is 3. The first kappa shape index (κ1) is 14.1. The first-order chi connectivity index (χ1) is 6.58. The highest BCUT2D eigenvalue weighted by Gasteiger charge is 2.28. The number of ether oxygens (including phenoxy) is 1. The Morgan fingerprint density at radius 2 is 1.79 bits per heavy atom. The zero-order valence-electron chi connectivity index (χ0n) is 10.1. The minimum absolute atomic E-state index is 0.646. The molecular weight excluding hydrogens is 196 g/mol. The van der Waals surface area contributed by atoms with Crippen molar-refractivity contribution in [3.05, 3.63) is 0 Å². The summed E-state index contributed by atoms with van der Waals surface area (Å²) in [6, 6.07) is 0.899. The predicted molar refractivity (Wildman–Crippen MR) is 60.7 cm³/mol. The van der Waals surface area contributed by atoms with Crippen LogP contribution in [0.25, 0.3) is 0 Å². The average Bonchev–Trinajstić information content (AvgIpc) is 2.23. The van der Waals surface area contributed by atoms with E-state index in [4.69, 9.17) is 13.6 Å². The first-order valence-corrected chi connectivity index (χ1v) is 7.78. The van der Waals surface area contributed by atoms with Gasteiger partial charge in [-0.2, -0.15) is 0 Å². The molecule has 0 aromatic carbocycles. The second kappa shape index (κ2) is 7.40. The van der Waals surface area contributed by atoms with Crippen LogP contribution in [0.4, 0.5) is 0 Å². The molecule has 86 valence electrons. The second-order valence-corrected chi connectivity index (χ2v) is 7.46. The highest BCUT2D eigenvalue weighted by molar-refractivity contribution is 6.65. The largest absolute Gasteiger partial charge is 0.398 e. The van der Waals surface area contributed by atoms with Gasteiger partial charge in [-0.05, 0) is 12.5 Å². The summed E-state index contributed by atoms with van der Waals surface area (Å²) in [7, 11) is 1.52. The van der Waals surface area contributed by atoms with Gasteiger partial charge in [0.2, 0.25) is 0 Å². The monoisotopic (exact) mass is 220 g/mol. The normalized spacial score (nSPS) is 14.4. The molecule has 0 saturated carbocycles. The minimum Gasteiger partial charge on any atom is -0.398 e. The van der Waals surface area contributed by atoms with Crippen LogP contribution in [-0.4, -0.2) is 36.0 Å². The molecule has 0 aliphatic carbocycles. The van der Waals surface area contributed by atoms with Crippen LogP contribution in [0.3, 0.4) is 0 Å². The van der Waals surface area contributed by atoms with Crippen molar-refractivity contribution in [3.8, 4) is 0 Å². The third kappa shape index (κ3) is 5.75. The highest BCUT2D eigenvalue weighted by atomic mass is 28.4. The molecule has 0 aromatic heterocycles. The second-order valence-electron chi connectivity index (χ2n) is 3.88. The third-order valence-electron chi connectivity index (χ3n) is 2.66. The standard InChI is InChI=1S/C10H24O3Si/c1-6-10(2)9-13-7-8-14(5,11-3)12-4/h10H,6-9H2,1-5H3. The maximum Gasteiger partial charge on any atom is 0.336 e. The van der Waals surface area contributed by atoms with Gasteiger partial charge in [-0.1, -0.05) is 20.3 Å². The minimum atomic E-state index is -1.90. The van der Waals surface area contributed by atoms with E-state index in [0.717, 1.165) is 19.3 Å². The maximum absolute atomic E-state index is 5.56. The molecule has 0 aromatic rings. The highest BCUT2D eigenvalue weighted by Crippen LogP contribution is 2.11. The molecule has 0 bridgehead atoms. The molecule has 0 saturated heterocycles. The van der Waals surface area contributed by atoms with Gasteiger partial charge in [0.05, 0.1) is 0 Å². The fourth-order valence-corrected chi connectivity index (χ4v) is 2.04. The Bertz CT molecular complexity index is 137. The van der Waals surface area contributed by atoms with Crippen LogP contribution in [0.5, 0.6) is 0 Å². The Balaban J connectivity index is 3.52. The van der Waals surface area contributed by atoms with Crippen molar-refractivity contribution in [1.82, 2.24) is 0 Å². The molecule has 0 aliphatic heterocycles. The summed E-state index contributed by atoms with van der Waals surface area (Å²) < 4.78 is 16.3. The fourth-order valence-electron chi connectivity index (χ4n) is 0.947. The van der Waals surface area contributed by atoms with Crippen molar-refractivity contribution < 1.29 is 13.6 Å². The quantitative estimate of drug-likeness (QED) is 0.464. The topological polar surface area (TPSA) is 27.7 Å². The van der Waals surface area contributed by atoms with Gasteiger partial charge < -0.3 is 13.6 Å². The Kier molecular flexibility index (Phi) is 7.45. The molecule has 3 nitrogen and oxygen atoms in total. The molecule has 0 fully saturated rings. The Labute approximate surface area is 89.0 Å². The van der Waals surface area contributed by atoms with E-state index in [0.29, 0.717) is 5.92 Å². The van der Waals surface area contributed by atoms with E-state index < -0.39 is 8.56 Å². The molecule has 0 rings (SSSR count). The van der Waals surface area contributed by atoms with Gasteiger partial charge in [0, 0.05) is 33.5 Å². The van der Waals surface area contributed by atoms with Crippen molar-refractivity contribution in [2.24, 2.45) is 5.92 Å². The van der Waals surface area contributed by atoms with Crippen LogP contribution in [0, 0.1) is 5.92 Å². The van der Waals surface area contributed by atoms with Crippen LogP contribution in [0.2, 0.25) is 12.6 Å². The molecule has 0 amide bonds. The molecule has 0 aliphatic rings. The number of rotatable bonds is 8. The third-order valence-corrected chi connectivity index (χ3v) is 5.50. The zero-order chi connectivity index (χ0) is 11.0. The summed E-state index contributed by atoms with van der Waals surface area (Å²) >= 11 is 0. The van der Waals surface area contributed by atoms with Crippen molar-refractivity contribution in [2.75, 3.05) is 27.4 Å². The summed E-state index contributed by atoms with van der Waals surface area (Å²) in [6.07, 6.45) is 1.17. The summed E-state index contributed by atoms with van der Waals surface area (Å²) in [5.74, 6) is 0.646. The Hall–Kier alpha value is 0.0969. The van der Waals surface area contributed by atoms with Gasteiger partial charge in [-0.3, -0.25) is 0 Å². The van der Waals surface area contributed by atoms with Gasteiger partial charge in [0.15, 0.2) is 0 Å². The summed E-state index contributed by atoms with van der Waals surface area (Å²) in [5.41, 5.74) is 0. The van der Waals surface area contributed by atoms with E-state index in [-0.39, 0.29) is 0 Å². The van der Waals surface area contributed by atoms with Crippen molar-refractivity contribution >= 4 is 8.56 Å². The molecule has 14 heavy (non-hydrogen) atoms. The van der Waals surface area contributed by atoms with Crippen LogP contribution in [0.1, 0.15) is 20.3 Å². The Morgan fingerprint density at radius 1 is 1.21 bits per heavy atom. The number of hydrogen-bond donors (Lipinski definition) is 0. The van der Waals surface area contributed by atoms with Crippen LogP contribution in [0.15, 0.2) is 0 Å². The van der Waals surface area contributed by atoms with Gasteiger partial charge in [-0.25, -0.2) is 0 Å². The summed E-state index contributed by atoms with van der Waals surface area (Å²) in [5, 5.41) is 0. The maximum atomic E-state index is 5.56. The van der Waals surface area contributed by atoms with E-state index in [9.17, 15) is 0 Å². The molecule has 0 radical (unpaired) electrons. The lowest BCUT2D eigenvalue weighted by Crippen LogP contribution is -2.37. The lowest BCUT2D eigenvalue weighted by molar-refractivity contribution is 0.107. The Morgan fingerprint density at radius 3 is 2.21 bits per heavy atom. The molecule has 1 atom stereocenters. The van der Waals surface area contributed by atoms with Crippen molar-refractivity contribution in [1.29, 1.82) is 0 Å². The van der Waals surface area contributed by atoms with Crippen molar-refractivity contribution in [3.63, 3.8) is 0 Å². The van der Waals surface area contributed by atoms with Gasteiger partial charge >= 0.3 is 8.56 Å². The molecule has 4 heteroatoms. The van der Waals surface area contributed by atoms with E-state index in [1.807, 2.05) is 0 Å². The molecular formula is C10H24O3Si. The van der Waals surface area contributed by atoms with E-state index >= 15 is 0 Å². The zero-order valence-corrected chi connectivity index (χ0v) is 11.1. The van der Waals surface area contributed by atoms with Gasteiger partial charge in [-0.15, -0.1) is 0 Å². The van der Waals surface area contributed by atoms with E-state index in [2.05, 4.69) is 20.4 Å². The molecule has 0 spiro atoms. The van der Waals surface area contributed by atoms with Gasteiger partial charge in [0.25, 0.3) is 0 Å². The lowest BCUT2D eigenvalue weighted by atomic mass is 10.1. The smallest absolute Gasteiger partial charge is 0.336 e. The van der Waals surface area contributed by atoms with Crippen LogP contribution in [-0.2, 0) is 13.6 Å². The lowest BCUT2D eigenvalue weighted by Gasteiger charge is -2.22. The average molecular weight is 220 g/mol. The molecule has 0 N–H and O–H groups in total. The van der Waals surface area contributed by atoms with Gasteiger partial charge in [0.1, 0.15) is 0 Å². The van der Waals surface area contributed by atoms with Crippen LogP contribution >= 0.6 is 0 Å². The molecule has 1 unspecified atom stereocenters. The van der Waals surface area contributed by atoms with Crippen molar-refractivity contribution in [2.45, 2.75) is 32.9 Å².